The van der Waals surface area contributed by atoms with Crippen LogP contribution in [0.1, 0.15) is 10.4 Å². The monoisotopic (exact) mass is 252 g/mol. The van der Waals surface area contributed by atoms with Gasteiger partial charge in [0.05, 0.1) is 16.0 Å². The van der Waals surface area contributed by atoms with Crippen molar-refractivity contribution in [2.24, 2.45) is 5.14 Å². The first kappa shape index (κ1) is 11.5. The number of aromatic carboxylic acids is 1. The van der Waals surface area contributed by atoms with Gasteiger partial charge >= 0.3 is 5.97 Å². The lowest BCUT2D eigenvalue weighted by Crippen LogP contribution is -2.12. The summed E-state index contributed by atoms with van der Waals surface area (Å²) < 4.78 is 22.3. The van der Waals surface area contributed by atoms with Gasteiger partial charge in [0.25, 0.3) is 0 Å². The molecule has 0 saturated carbocycles. The van der Waals surface area contributed by atoms with Crippen molar-refractivity contribution in [3.63, 3.8) is 0 Å². The number of carboxylic acids is 1. The molecule has 0 aliphatic rings. The molecule has 0 aliphatic carbocycles. The van der Waals surface area contributed by atoms with Crippen LogP contribution < -0.4 is 5.14 Å². The fourth-order valence-corrected chi connectivity index (χ4v) is 2.03. The third-order valence-electron chi connectivity index (χ3n) is 2.27. The Kier molecular flexibility index (Phi) is 2.56. The summed E-state index contributed by atoms with van der Waals surface area (Å²) in [5, 5.41) is 14.2. The number of nitrogens with zero attached hydrogens (tertiary/aromatic N) is 1. The summed E-state index contributed by atoms with van der Waals surface area (Å²) in [5.74, 6) is -1.15. The van der Waals surface area contributed by atoms with E-state index < -0.39 is 16.0 Å². The zero-order valence-electron chi connectivity index (χ0n) is 8.49. The number of benzene rings is 1. The number of primary sulfonamides is 1. The number of aromatic nitrogens is 1. The van der Waals surface area contributed by atoms with Crippen molar-refractivity contribution in [2.45, 2.75) is 4.90 Å². The number of pyridine rings is 1. The van der Waals surface area contributed by atoms with E-state index in [1.54, 1.807) is 0 Å². The van der Waals surface area contributed by atoms with Gasteiger partial charge in [0.15, 0.2) is 0 Å². The van der Waals surface area contributed by atoms with E-state index in [0.717, 1.165) is 0 Å². The lowest BCUT2D eigenvalue weighted by Gasteiger charge is -2.03. The minimum atomic E-state index is -3.86. The molecular weight excluding hydrogens is 244 g/mol. The molecule has 0 amide bonds. The molecule has 0 bridgehead atoms. The van der Waals surface area contributed by atoms with Gasteiger partial charge in [-0.05, 0) is 24.3 Å². The quantitative estimate of drug-likeness (QED) is 0.812. The number of fused-ring (bicyclic) bond motifs is 1. The van der Waals surface area contributed by atoms with E-state index in [-0.39, 0.29) is 15.8 Å². The Hall–Kier alpha value is -1.99. The minimum Gasteiger partial charge on any atom is -0.478 e. The van der Waals surface area contributed by atoms with Gasteiger partial charge in [-0.3, -0.25) is 4.98 Å². The van der Waals surface area contributed by atoms with Crippen LogP contribution in [0.25, 0.3) is 10.9 Å². The van der Waals surface area contributed by atoms with Crippen LogP contribution in [0, 0.1) is 0 Å². The summed E-state index contributed by atoms with van der Waals surface area (Å²) in [6.07, 6.45) is 1.35. The summed E-state index contributed by atoms with van der Waals surface area (Å²) >= 11 is 0. The molecule has 17 heavy (non-hydrogen) atoms. The predicted molar refractivity (Wildman–Crippen MR) is 60.1 cm³/mol. The van der Waals surface area contributed by atoms with E-state index in [1.807, 2.05) is 0 Å². The van der Waals surface area contributed by atoms with Crippen molar-refractivity contribution in [3.05, 3.63) is 36.0 Å². The number of carbonyl (C=O) groups is 1. The van der Waals surface area contributed by atoms with Gasteiger partial charge in [-0.25, -0.2) is 18.4 Å². The average molecular weight is 252 g/mol. The molecule has 1 aromatic carbocycles. The highest BCUT2D eigenvalue weighted by molar-refractivity contribution is 7.89. The first-order valence-electron chi connectivity index (χ1n) is 4.54. The van der Waals surface area contributed by atoms with Crippen LogP contribution in [-0.2, 0) is 10.0 Å². The molecule has 88 valence electrons. The molecule has 0 fully saturated rings. The van der Waals surface area contributed by atoms with Crippen molar-refractivity contribution in [1.82, 2.24) is 4.98 Å². The molecule has 0 aliphatic heterocycles. The predicted octanol–water partition coefficient (Wildman–Crippen LogP) is 0.580. The van der Waals surface area contributed by atoms with Crippen molar-refractivity contribution >= 4 is 26.9 Å². The maximum absolute atomic E-state index is 11.2. The Morgan fingerprint density at radius 2 is 2.00 bits per heavy atom. The highest BCUT2D eigenvalue weighted by Crippen LogP contribution is 2.20. The molecule has 3 N–H and O–H groups in total. The number of nitrogens with two attached hydrogens (primary N) is 1. The van der Waals surface area contributed by atoms with E-state index in [9.17, 15) is 13.2 Å². The first-order valence-corrected chi connectivity index (χ1v) is 6.09. The molecule has 7 heteroatoms. The highest BCUT2D eigenvalue weighted by atomic mass is 32.2. The lowest BCUT2D eigenvalue weighted by molar-refractivity contribution is 0.0699. The summed E-state index contributed by atoms with van der Waals surface area (Å²) in [7, 11) is -3.86. The zero-order valence-corrected chi connectivity index (χ0v) is 9.31. The smallest absolute Gasteiger partial charge is 0.336 e. The zero-order chi connectivity index (χ0) is 12.6. The van der Waals surface area contributed by atoms with Gasteiger partial charge in [0, 0.05) is 11.6 Å². The standard InChI is InChI=1S/C10H8N2O4S/c11-17(15,16)6-1-2-9-8(5-6)7(10(13)14)3-4-12-9/h1-5H,(H,13,14)(H2,11,15,16). The Morgan fingerprint density at radius 3 is 2.59 bits per heavy atom. The van der Waals surface area contributed by atoms with Crippen LogP contribution in [0.2, 0.25) is 0 Å². The second-order valence-electron chi connectivity index (χ2n) is 3.39. The van der Waals surface area contributed by atoms with E-state index in [4.69, 9.17) is 10.2 Å². The summed E-state index contributed by atoms with van der Waals surface area (Å²) in [5.41, 5.74) is 0.387. The van der Waals surface area contributed by atoms with Crippen molar-refractivity contribution in [3.8, 4) is 0 Å². The second kappa shape index (κ2) is 3.79. The van der Waals surface area contributed by atoms with Crippen LogP contribution >= 0.6 is 0 Å². The number of carboxylic acid groups (broad SMARTS) is 1. The van der Waals surface area contributed by atoms with Gasteiger partial charge in [-0.1, -0.05) is 0 Å². The molecule has 0 unspecified atom stereocenters. The average Bonchev–Trinajstić information content (AvgIpc) is 2.26. The third-order valence-corrected chi connectivity index (χ3v) is 3.18. The maximum Gasteiger partial charge on any atom is 0.336 e. The Bertz CT molecular complexity index is 709. The Morgan fingerprint density at radius 1 is 1.29 bits per heavy atom. The number of hydrogen-bond donors (Lipinski definition) is 2. The SMILES string of the molecule is NS(=O)(=O)c1ccc2nccc(C(=O)O)c2c1. The van der Waals surface area contributed by atoms with Crippen LogP contribution in [0.15, 0.2) is 35.4 Å². The van der Waals surface area contributed by atoms with Gasteiger partial charge in [0.1, 0.15) is 0 Å². The Labute approximate surface area is 96.8 Å². The molecule has 6 nitrogen and oxygen atoms in total. The molecule has 0 saturated heterocycles. The Balaban J connectivity index is 2.84. The normalized spacial score (nSPS) is 11.6. The number of hydrogen-bond acceptors (Lipinski definition) is 4. The van der Waals surface area contributed by atoms with E-state index >= 15 is 0 Å². The number of sulfonamides is 1. The maximum atomic E-state index is 11.2. The summed E-state index contributed by atoms with van der Waals surface area (Å²) in [4.78, 5) is 14.8. The van der Waals surface area contributed by atoms with E-state index in [2.05, 4.69) is 4.98 Å². The minimum absolute atomic E-state index is 0.0134. The second-order valence-corrected chi connectivity index (χ2v) is 4.95. The molecular formula is C10H8N2O4S. The van der Waals surface area contributed by atoms with Crippen molar-refractivity contribution in [1.29, 1.82) is 0 Å². The fraction of sp³-hybridized carbons (Fsp3) is 0. The van der Waals surface area contributed by atoms with Gasteiger partial charge < -0.3 is 5.11 Å². The highest BCUT2D eigenvalue weighted by Gasteiger charge is 2.13. The molecule has 2 rings (SSSR count). The third kappa shape index (κ3) is 2.10. The molecule has 1 aromatic heterocycles. The van der Waals surface area contributed by atoms with Crippen LogP contribution in [-0.4, -0.2) is 24.5 Å². The fourth-order valence-electron chi connectivity index (χ4n) is 1.49. The molecule has 0 radical (unpaired) electrons. The lowest BCUT2D eigenvalue weighted by atomic mass is 10.1. The molecule has 2 aromatic rings. The topological polar surface area (TPSA) is 110 Å². The largest absolute Gasteiger partial charge is 0.478 e. The van der Waals surface area contributed by atoms with Crippen LogP contribution in [0.4, 0.5) is 0 Å². The summed E-state index contributed by atoms with van der Waals surface area (Å²) in [6, 6.07) is 5.22. The van der Waals surface area contributed by atoms with Gasteiger partial charge in [-0.15, -0.1) is 0 Å². The van der Waals surface area contributed by atoms with Crippen LogP contribution in [0.5, 0.6) is 0 Å². The first-order chi connectivity index (χ1) is 7.89. The van der Waals surface area contributed by atoms with Crippen LogP contribution in [0.3, 0.4) is 0 Å². The number of rotatable bonds is 2. The van der Waals surface area contributed by atoms with E-state index in [1.165, 1.54) is 30.5 Å². The van der Waals surface area contributed by atoms with E-state index in [0.29, 0.717) is 5.52 Å². The van der Waals surface area contributed by atoms with Crippen molar-refractivity contribution < 1.29 is 18.3 Å². The molecule has 0 atom stereocenters. The van der Waals surface area contributed by atoms with Gasteiger partial charge in [-0.2, -0.15) is 0 Å². The molecule has 1 heterocycles. The van der Waals surface area contributed by atoms with Crippen molar-refractivity contribution in [2.75, 3.05) is 0 Å². The molecule has 0 spiro atoms. The van der Waals surface area contributed by atoms with Gasteiger partial charge in [0.2, 0.25) is 10.0 Å². The summed E-state index contributed by atoms with van der Waals surface area (Å²) in [6.45, 7) is 0.